The zero-order valence-electron chi connectivity index (χ0n) is 10.8. The second-order valence-corrected chi connectivity index (χ2v) is 5.64. The highest BCUT2D eigenvalue weighted by Gasteiger charge is 2.19. The van der Waals surface area contributed by atoms with Crippen molar-refractivity contribution in [3.8, 4) is 0 Å². The highest BCUT2D eigenvalue weighted by Crippen LogP contribution is 2.31. The molecule has 0 saturated carbocycles. The minimum absolute atomic E-state index is 0.505. The minimum atomic E-state index is -0.884. The molecule has 0 amide bonds. The Morgan fingerprint density at radius 2 is 1.75 bits per heavy atom. The van der Waals surface area contributed by atoms with Crippen LogP contribution in [0.1, 0.15) is 18.1 Å². The molecule has 1 heterocycles. The topological polar surface area (TPSA) is 53.6 Å². The predicted molar refractivity (Wildman–Crippen MR) is 83.1 cm³/mol. The lowest BCUT2D eigenvalue weighted by Gasteiger charge is -2.17. The average Bonchev–Trinajstić information content (AvgIpc) is 2.84. The third kappa shape index (κ3) is 2.35. The van der Waals surface area contributed by atoms with Gasteiger partial charge in [-0.2, -0.15) is 0 Å². The first-order chi connectivity index (χ1) is 9.70. The van der Waals surface area contributed by atoms with E-state index in [1.807, 2.05) is 36.4 Å². The Kier molecular flexibility index (Phi) is 3.78. The van der Waals surface area contributed by atoms with Crippen molar-refractivity contribution in [3.63, 3.8) is 0 Å². The van der Waals surface area contributed by atoms with Crippen LogP contribution >= 0.6 is 15.9 Å². The van der Waals surface area contributed by atoms with E-state index in [1.54, 1.807) is 6.07 Å². The van der Waals surface area contributed by atoms with Crippen molar-refractivity contribution < 1.29 is 14.6 Å². The molecule has 104 valence electrons. The number of hydrogen-bond donors (Lipinski definition) is 2. The van der Waals surface area contributed by atoms with E-state index < -0.39 is 12.2 Å². The van der Waals surface area contributed by atoms with Gasteiger partial charge in [0.1, 0.15) is 17.3 Å². The van der Waals surface area contributed by atoms with Crippen LogP contribution in [0.2, 0.25) is 0 Å². The first-order valence-electron chi connectivity index (χ1n) is 6.54. The fraction of sp³-hybridized carbons (Fsp3) is 0.250. The smallest absolute Gasteiger partial charge is 0.135 e. The molecule has 0 aliphatic heterocycles. The maximum absolute atomic E-state index is 10.2. The molecule has 2 atom stereocenters. The van der Waals surface area contributed by atoms with Crippen LogP contribution in [0, 0.1) is 0 Å². The monoisotopic (exact) mass is 334 g/mol. The molecule has 0 aliphatic rings. The second-order valence-electron chi connectivity index (χ2n) is 4.84. The van der Waals surface area contributed by atoms with Crippen LogP contribution in [0.3, 0.4) is 0 Å². The molecule has 2 N–H and O–H groups in total. The van der Waals surface area contributed by atoms with Gasteiger partial charge in [0, 0.05) is 16.1 Å². The van der Waals surface area contributed by atoms with E-state index in [1.165, 1.54) is 0 Å². The lowest BCUT2D eigenvalue weighted by molar-refractivity contribution is 0.0174. The van der Waals surface area contributed by atoms with Gasteiger partial charge < -0.3 is 14.6 Å². The van der Waals surface area contributed by atoms with Gasteiger partial charge in [0.05, 0.1) is 6.10 Å². The number of furan rings is 1. The summed E-state index contributed by atoms with van der Waals surface area (Å²) in [4.78, 5) is 0. The van der Waals surface area contributed by atoms with Gasteiger partial charge in [-0.15, -0.1) is 0 Å². The molecule has 3 rings (SSSR count). The van der Waals surface area contributed by atoms with Crippen LogP contribution in [-0.2, 0) is 0 Å². The molecule has 0 spiro atoms. The van der Waals surface area contributed by atoms with Crippen LogP contribution in [0.5, 0.6) is 0 Å². The summed E-state index contributed by atoms with van der Waals surface area (Å²) in [7, 11) is 0. The third-order valence-corrected chi connectivity index (χ3v) is 3.97. The fourth-order valence-electron chi connectivity index (χ4n) is 2.42. The number of aliphatic hydroxyl groups is 2. The molecule has 1 aromatic heterocycles. The standard InChI is InChI=1S/C16H15BrO3/c17-8-7-13(18)16(19)10-5-6-15-12(9-10)11-3-1-2-4-14(11)20-15/h1-6,9,13,16,18-19H,7-8H2. The molecule has 3 nitrogen and oxygen atoms in total. The number of aliphatic hydroxyl groups excluding tert-OH is 2. The van der Waals surface area contributed by atoms with E-state index in [0.717, 1.165) is 21.9 Å². The molecule has 0 saturated heterocycles. The first-order valence-corrected chi connectivity index (χ1v) is 7.66. The molecule has 2 unspecified atom stereocenters. The number of rotatable bonds is 4. The number of hydrogen-bond acceptors (Lipinski definition) is 3. The number of para-hydroxylation sites is 1. The Morgan fingerprint density at radius 3 is 2.55 bits per heavy atom. The zero-order chi connectivity index (χ0) is 14.1. The van der Waals surface area contributed by atoms with E-state index in [0.29, 0.717) is 17.3 Å². The van der Waals surface area contributed by atoms with Crippen LogP contribution in [0.4, 0.5) is 0 Å². The summed E-state index contributed by atoms with van der Waals surface area (Å²) < 4.78 is 5.74. The Balaban J connectivity index is 2.07. The third-order valence-electron chi connectivity index (χ3n) is 3.51. The Labute approximate surface area is 125 Å². The van der Waals surface area contributed by atoms with Crippen molar-refractivity contribution in [2.45, 2.75) is 18.6 Å². The molecular formula is C16H15BrO3. The zero-order valence-corrected chi connectivity index (χ0v) is 12.4. The van der Waals surface area contributed by atoms with Crippen molar-refractivity contribution in [1.82, 2.24) is 0 Å². The van der Waals surface area contributed by atoms with Gasteiger partial charge >= 0.3 is 0 Å². The Hall–Kier alpha value is -1.36. The molecule has 2 aromatic carbocycles. The van der Waals surface area contributed by atoms with Crippen molar-refractivity contribution in [2.75, 3.05) is 5.33 Å². The van der Waals surface area contributed by atoms with Crippen molar-refractivity contribution >= 4 is 37.9 Å². The van der Waals surface area contributed by atoms with Crippen LogP contribution in [0.25, 0.3) is 21.9 Å². The van der Waals surface area contributed by atoms with Gasteiger partial charge in [-0.25, -0.2) is 0 Å². The number of alkyl halides is 1. The highest BCUT2D eigenvalue weighted by molar-refractivity contribution is 9.09. The number of benzene rings is 2. The lowest BCUT2D eigenvalue weighted by atomic mass is 10.0. The molecule has 0 aliphatic carbocycles. The quantitative estimate of drug-likeness (QED) is 0.714. The summed E-state index contributed by atoms with van der Waals surface area (Å²) >= 11 is 3.27. The molecule has 3 aromatic rings. The first kappa shape index (κ1) is 13.6. The summed E-state index contributed by atoms with van der Waals surface area (Å²) in [5.41, 5.74) is 2.32. The number of fused-ring (bicyclic) bond motifs is 3. The largest absolute Gasteiger partial charge is 0.456 e. The van der Waals surface area contributed by atoms with Gasteiger partial charge in [-0.1, -0.05) is 40.2 Å². The van der Waals surface area contributed by atoms with Gasteiger partial charge in [-0.05, 0) is 30.2 Å². The molecule has 20 heavy (non-hydrogen) atoms. The van der Waals surface area contributed by atoms with Crippen molar-refractivity contribution in [3.05, 3.63) is 48.0 Å². The Morgan fingerprint density at radius 1 is 1.00 bits per heavy atom. The summed E-state index contributed by atoms with van der Waals surface area (Å²) in [5, 5.41) is 22.7. The SMILES string of the molecule is OC(CCBr)C(O)c1ccc2oc3ccccc3c2c1. The molecule has 0 fully saturated rings. The van der Waals surface area contributed by atoms with E-state index in [-0.39, 0.29) is 0 Å². The van der Waals surface area contributed by atoms with Crippen molar-refractivity contribution in [2.24, 2.45) is 0 Å². The number of halogens is 1. The van der Waals surface area contributed by atoms with Gasteiger partial charge in [0.2, 0.25) is 0 Å². The fourth-order valence-corrected chi connectivity index (χ4v) is 2.89. The van der Waals surface area contributed by atoms with E-state index in [4.69, 9.17) is 4.42 Å². The summed E-state index contributed by atoms with van der Waals surface area (Å²) in [6.07, 6.45) is -1.15. The van der Waals surface area contributed by atoms with Gasteiger partial charge in [-0.3, -0.25) is 0 Å². The Bertz CT molecular complexity index is 735. The summed E-state index contributed by atoms with van der Waals surface area (Å²) in [5.74, 6) is 0. The predicted octanol–water partition coefficient (Wildman–Crippen LogP) is 3.77. The molecule has 4 heteroatoms. The van der Waals surface area contributed by atoms with Crippen LogP contribution in [0.15, 0.2) is 46.9 Å². The summed E-state index contributed by atoms with van der Waals surface area (Å²) in [6.45, 7) is 0. The van der Waals surface area contributed by atoms with Gasteiger partial charge in [0.15, 0.2) is 0 Å². The second kappa shape index (κ2) is 5.56. The lowest BCUT2D eigenvalue weighted by Crippen LogP contribution is -2.18. The van der Waals surface area contributed by atoms with Crippen LogP contribution in [-0.4, -0.2) is 21.6 Å². The minimum Gasteiger partial charge on any atom is -0.456 e. The highest BCUT2D eigenvalue weighted by atomic mass is 79.9. The van der Waals surface area contributed by atoms with Crippen LogP contribution < -0.4 is 0 Å². The maximum atomic E-state index is 10.2. The van der Waals surface area contributed by atoms with E-state index >= 15 is 0 Å². The average molecular weight is 335 g/mol. The van der Waals surface area contributed by atoms with Gasteiger partial charge in [0.25, 0.3) is 0 Å². The normalized spacial score (nSPS) is 14.8. The van der Waals surface area contributed by atoms with Crippen molar-refractivity contribution in [1.29, 1.82) is 0 Å². The molecule has 0 bridgehead atoms. The van der Waals surface area contributed by atoms with E-state index in [2.05, 4.69) is 15.9 Å². The summed E-state index contributed by atoms with van der Waals surface area (Å²) in [6, 6.07) is 13.3. The van der Waals surface area contributed by atoms with E-state index in [9.17, 15) is 10.2 Å². The molecule has 0 radical (unpaired) electrons. The molecular weight excluding hydrogens is 320 g/mol. The maximum Gasteiger partial charge on any atom is 0.135 e.